The van der Waals surface area contributed by atoms with Crippen LogP contribution in [0.4, 0.5) is 4.39 Å². The van der Waals surface area contributed by atoms with Crippen LogP contribution in [0.25, 0.3) is 11.4 Å². The van der Waals surface area contributed by atoms with Crippen molar-refractivity contribution in [3.05, 3.63) is 78.4 Å². The first-order valence-electron chi connectivity index (χ1n) is 11.3. The molecule has 1 fully saturated rings. The summed E-state index contributed by atoms with van der Waals surface area (Å²) in [5.74, 6) is -0.0142. The number of aromatic nitrogens is 2. The fourth-order valence-corrected chi connectivity index (χ4v) is 5.46. The number of nitrogens with one attached hydrogen (secondary N) is 2. The standard InChI is InChI=1S/C25H27FN4O3S/c1-17(18-3-9-21(26)10-4-18)29-25(31)20-5-11-22(12-6-20)30-34(32,33)23-13-7-19(8-14-23)24-27-15-2-16-28-24/h2-4,7-10,13-17,20,22,30H,5-6,11-12H2,1H3,(H,29,31)/t17-,20-,22-/m1/s1. The van der Waals surface area contributed by atoms with E-state index in [2.05, 4.69) is 20.0 Å². The van der Waals surface area contributed by atoms with Crippen molar-refractivity contribution >= 4 is 15.9 Å². The quantitative estimate of drug-likeness (QED) is 0.530. The monoisotopic (exact) mass is 482 g/mol. The van der Waals surface area contributed by atoms with Crippen molar-refractivity contribution in [3.8, 4) is 11.4 Å². The van der Waals surface area contributed by atoms with Gasteiger partial charge in [-0.3, -0.25) is 4.79 Å². The molecule has 1 aromatic heterocycles. The summed E-state index contributed by atoms with van der Waals surface area (Å²) in [6.45, 7) is 1.86. The minimum atomic E-state index is -3.68. The van der Waals surface area contributed by atoms with E-state index in [1.54, 1.807) is 54.9 Å². The van der Waals surface area contributed by atoms with Crippen LogP contribution in [0.3, 0.4) is 0 Å². The molecule has 0 saturated heterocycles. The van der Waals surface area contributed by atoms with Crippen molar-refractivity contribution in [2.24, 2.45) is 5.92 Å². The number of sulfonamides is 1. The Hall–Kier alpha value is -3.17. The second-order valence-corrected chi connectivity index (χ2v) is 10.3. The molecule has 1 saturated carbocycles. The zero-order chi connectivity index (χ0) is 24.1. The van der Waals surface area contributed by atoms with Gasteiger partial charge in [0.15, 0.2) is 5.82 Å². The number of carbonyl (C=O) groups excluding carboxylic acids is 1. The molecule has 34 heavy (non-hydrogen) atoms. The van der Waals surface area contributed by atoms with Crippen molar-refractivity contribution in [3.63, 3.8) is 0 Å². The van der Waals surface area contributed by atoms with Gasteiger partial charge in [0.05, 0.1) is 10.9 Å². The SMILES string of the molecule is C[C@@H](NC(=O)[C@H]1CC[C@H](NS(=O)(=O)c2ccc(-c3ncccn3)cc2)CC1)c1ccc(F)cc1. The molecule has 0 bridgehead atoms. The Morgan fingerprint density at radius 3 is 2.21 bits per heavy atom. The summed E-state index contributed by atoms with van der Waals surface area (Å²) >= 11 is 0. The van der Waals surface area contributed by atoms with Crippen LogP contribution in [0.5, 0.6) is 0 Å². The van der Waals surface area contributed by atoms with Crippen LogP contribution in [-0.4, -0.2) is 30.3 Å². The molecule has 0 radical (unpaired) electrons. The van der Waals surface area contributed by atoms with E-state index in [0.29, 0.717) is 31.5 Å². The van der Waals surface area contributed by atoms with E-state index in [9.17, 15) is 17.6 Å². The molecule has 3 aromatic rings. The van der Waals surface area contributed by atoms with E-state index in [-0.39, 0.29) is 34.6 Å². The van der Waals surface area contributed by atoms with E-state index in [0.717, 1.165) is 11.1 Å². The fraction of sp³-hybridized carbons (Fsp3) is 0.320. The summed E-state index contributed by atoms with van der Waals surface area (Å²) in [7, 11) is -3.68. The van der Waals surface area contributed by atoms with E-state index >= 15 is 0 Å². The van der Waals surface area contributed by atoms with Gasteiger partial charge in [-0.2, -0.15) is 0 Å². The van der Waals surface area contributed by atoms with Crippen LogP contribution in [0.2, 0.25) is 0 Å². The van der Waals surface area contributed by atoms with E-state index < -0.39 is 10.0 Å². The second kappa shape index (κ2) is 10.4. The molecule has 1 amide bonds. The van der Waals surface area contributed by atoms with Crippen molar-refractivity contribution < 1.29 is 17.6 Å². The molecule has 2 aromatic carbocycles. The number of carbonyl (C=O) groups is 1. The summed E-state index contributed by atoms with van der Waals surface area (Å²) in [5.41, 5.74) is 1.57. The summed E-state index contributed by atoms with van der Waals surface area (Å²) in [6.07, 6.45) is 5.62. The minimum absolute atomic E-state index is 0.0585. The molecule has 178 valence electrons. The predicted octanol–water partition coefficient (Wildman–Crippen LogP) is 4.00. The Morgan fingerprint density at radius 1 is 0.971 bits per heavy atom. The van der Waals surface area contributed by atoms with Crippen LogP contribution in [-0.2, 0) is 14.8 Å². The molecule has 9 heteroatoms. The molecular formula is C25H27FN4O3S. The number of hydrogen-bond acceptors (Lipinski definition) is 5. The van der Waals surface area contributed by atoms with Gasteiger partial charge in [0.2, 0.25) is 15.9 Å². The van der Waals surface area contributed by atoms with Crippen molar-refractivity contribution in [2.45, 2.75) is 49.6 Å². The molecule has 2 N–H and O–H groups in total. The smallest absolute Gasteiger partial charge is 0.240 e. The van der Waals surface area contributed by atoms with Crippen LogP contribution in [0.1, 0.15) is 44.2 Å². The number of benzene rings is 2. The highest BCUT2D eigenvalue weighted by molar-refractivity contribution is 7.89. The van der Waals surface area contributed by atoms with Crippen LogP contribution < -0.4 is 10.0 Å². The Morgan fingerprint density at radius 2 is 1.59 bits per heavy atom. The maximum absolute atomic E-state index is 13.1. The Balaban J connectivity index is 1.30. The summed E-state index contributed by atoms with van der Waals surface area (Å²) in [4.78, 5) is 21.2. The molecule has 1 aliphatic rings. The lowest BCUT2D eigenvalue weighted by molar-refractivity contribution is -0.126. The first-order chi connectivity index (χ1) is 16.3. The average molecular weight is 483 g/mol. The summed E-state index contributed by atoms with van der Waals surface area (Å²) in [5, 5.41) is 2.98. The maximum Gasteiger partial charge on any atom is 0.240 e. The third-order valence-electron chi connectivity index (χ3n) is 6.14. The zero-order valence-electron chi connectivity index (χ0n) is 18.8. The topological polar surface area (TPSA) is 101 Å². The molecule has 7 nitrogen and oxygen atoms in total. The van der Waals surface area contributed by atoms with Crippen molar-refractivity contribution in [2.75, 3.05) is 0 Å². The van der Waals surface area contributed by atoms with Gasteiger partial charge < -0.3 is 5.32 Å². The second-order valence-electron chi connectivity index (χ2n) is 8.55. The van der Waals surface area contributed by atoms with Gasteiger partial charge >= 0.3 is 0 Å². The van der Waals surface area contributed by atoms with Crippen LogP contribution in [0, 0.1) is 11.7 Å². The number of amides is 1. The van der Waals surface area contributed by atoms with E-state index in [1.165, 1.54) is 12.1 Å². The number of halogens is 1. The van der Waals surface area contributed by atoms with E-state index in [4.69, 9.17) is 0 Å². The molecule has 0 aliphatic heterocycles. The Bertz CT molecular complexity index is 1210. The van der Waals surface area contributed by atoms with Crippen LogP contribution >= 0.6 is 0 Å². The molecular weight excluding hydrogens is 455 g/mol. The van der Waals surface area contributed by atoms with Crippen molar-refractivity contribution in [1.29, 1.82) is 0 Å². The largest absolute Gasteiger partial charge is 0.349 e. The molecule has 4 rings (SSSR count). The van der Waals surface area contributed by atoms with Gasteiger partial charge in [-0.25, -0.2) is 27.5 Å². The number of rotatable bonds is 7. The lowest BCUT2D eigenvalue weighted by Gasteiger charge is -2.29. The van der Waals surface area contributed by atoms with Gasteiger partial charge in [-0.15, -0.1) is 0 Å². The first-order valence-corrected chi connectivity index (χ1v) is 12.8. The molecule has 1 heterocycles. The normalized spacial score (nSPS) is 19.4. The highest BCUT2D eigenvalue weighted by atomic mass is 32.2. The highest BCUT2D eigenvalue weighted by Crippen LogP contribution is 2.27. The number of nitrogens with zero attached hydrogens (tertiary/aromatic N) is 2. The van der Waals surface area contributed by atoms with Gasteiger partial charge in [0.1, 0.15) is 5.82 Å². The zero-order valence-corrected chi connectivity index (χ0v) is 19.6. The Labute approximate surface area is 198 Å². The predicted molar refractivity (Wildman–Crippen MR) is 126 cm³/mol. The van der Waals surface area contributed by atoms with Gasteiger partial charge in [-0.05, 0) is 80.6 Å². The molecule has 1 atom stereocenters. The third kappa shape index (κ3) is 5.84. The van der Waals surface area contributed by atoms with E-state index in [1.807, 2.05) is 6.92 Å². The lowest BCUT2D eigenvalue weighted by atomic mass is 9.85. The first kappa shape index (κ1) is 24.0. The molecule has 1 aliphatic carbocycles. The third-order valence-corrected chi connectivity index (χ3v) is 7.67. The fourth-order valence-electron chi connectivity index (χ4n) is 4.16. The number of hydrogen-bond donors (Lipinski definition) is 2. The summed E-state index contributed by atoms with van der Waals surface area (Å²) < 4.78 is 41.6. The average Bonchev–Trinajstić information content (AvgIpc) is 2.85. The maximum atomic E-state index is 13.1. The molecule has 0 unspecified atom stereocenters. The van der Waals surface area contributed by atoms with Crippen LogP contribution in [0.15, 0.2) is 71.9 Å². The van der Waals surface area contributed by atoms with Gasteiger partial charge in [0.25, 0.3) is 0 Å². The summed E-state index contributed by atoms with van der Waals surface area (Å²) in [6, 6.07) is 13.8. The van der Waals surface area contributed by atoms with Crippen molar-refractivity contribution in [1.82, 2.24) is 20.0 Å². The van der Waals surface area contributed by atoms with Gasteiger partial charge in [0, 0.05) is 29.9 Å². The Kier molecular flexibility index (Phi) is 7.33. The molecule has 0 spiro atoms. The minimum Gasteiger partial charge on any atom is -0.349 e. The van der Waals surface area contributed by atoms with Gasteiger partial charge in [-0.1, -0.05) is 12.1 Å². The highest BCUT2D eigenvalue weighted by Gasteiger charge is 2.29. The lowest BCUT2D eigenvalue weighted by Crippen LogP contribution is -2.41.